The second-order valence-electron chi connectivity index (χ2n) is 7.60. The molecule has 0 saturated carbocycles. The minimum Gasteiger partial charge on any atom is -0.350 e. The maximum absolute atomic E-state index is 6.34. The van der Waals surface area contributed by atoms with Gasteiger partial charge in [0.05, 0.1) is 17.6 Å². The van der Waals surface area contributed by atoms with E-state index in [2.05, 4.69) is 40.2 Å². The summed E-state index contributed by atoms with van der Waals surface area (Å²) in [6.07, 6.45) is 5.94. The predicted octanol–water partition coefficient (Wildman–Crippen LogP) is 3.34. The summed E-state index contributed by atoms with van der Waals surface area (Å²) in [5.74, 6) is 0.711. The van der Waals surface area contributed by atoms with Gasteiger partial charge >= 0.3 is 0 Å². The van der Waals surface area contributed by atoms with Gasteiger partial charge in [-0.1, -0.05) is 0 Å². The van der Waals surface area contributed by atoms with Crippen molar-refractivity contribution in [2.45, 2.75) is 63.0 Å². The third kappa shape index (κ3) is 2.12. The molecule has 0 aromatic carbocycles. The zero-order valence-corrected chi connectivity index (χ0v) is 14.3. The van der Waals surface area contributed by atoms with Crippen LogP contribution in [-0.2, 0) is 9.47 Å². The van der Waals surface area contributed by atoms with Crippen molar-refractivity contribution in [1.29, 1.82) is 0 Å². The summed E-state index contributed by atoms with van der Waals surface area (Å²) in [6.45, 7) is 4.93. The molecule has 3 fully saturated rings. The lowest BCUT2D eigenvalue weighted by Gasteiger charge is -2.44. The molecule has 0 amide bonds. The largest absolute Gasteiger partial charge is 0.350 e. The van der Waals surface area contributed by atoms with E-state index >= 15 is 0 Å². The molecular weight excluding hydrogens is 310 g/mol. The van der Waals surface area contributed by atoms with E-state index in [9.17, 15) is 0 Å². The van der Waals surface area contributed by atoms with Crippen LogP contribution in [-0.4, -0.2) is 40.0 Å². The molecular formula is C17H21N3O2S. The highest BCUT2D eigenvalue weighted by molar-refractivity contribution is 7.16. The number of anilines is 1. The summed E-state index contributed by atoms with van der Waals surface area (Å²) in [6, 6.07) is 3.03. The standard InChI is InChI=1S/C17H21N3O2S/c1-16(2)9-21-17(22-16)7-11-3-4-12(8-17)20(11)14-13-5-6-23-15(13)19-10-18-14/h5-6,10-12H,3-4,7-9H2,1-2H3/t11-,12-/m0/s1. The average Bonchev–Trinajstić information content (AvgIpc) is 3.16. The maximum atomic E-state index is 6.34. The Morgan fingerprint density at radius 2 is 2.00 bits per heavy atom. The monoisotopic (exact) mass is 331 g/mol. The number of hydrogen-bond acceptors (Lipinski definition) is 6. The first-order chi connectivity index (χ1) is 11.1. The van der Waals surface area contributed by atoms with Crippen LogP contribution in [0.3, 0.4) is 0 Å². The van der Waals surface area contributed by atoms with Crippen molar-refractivity contribution in [2.75, 3.05) is 11.5 Å². The van der Waals surface area contributed by atoms with E-state index in [-0.39, 0.29) is 11.4 Å². The zero-order chi connectivity index (χ0) is 15.7. The van der Waals surface area contributed by atoms with Crippen molar-refractivity contribution < 1.29 is 9.47 Å². The number of thiophene rings is 1. The van der Waals surface area contributed by atoms with Gasteiger partial charge in [-0.3, -0.25) is 0 Å². The van der Waals surface area contributed by atoms with Gasteiger partial charge in [0.25, 0.3) is 0 Å². The second-order valence-corrected chi connectivity index (χ2v) is 8.49. The van der Waals surface area contributed by atoms with E-state index in [1.54, 1.807) is 17.7 Å². The summed E-state index contributed by atoms with van der Waals surface area (Å²) in [4.78, 5) is 12.6. The van der Waals surface area contributed by atoms with Crippen LogP contribution < -0.4 is 4.90 Å². The Kier molecular flexibility index (Phi) is 2.86. The molecule has 2 atom stereocenters. The zero-order valence-electron chi connectivity index (χ0n) is 13.5. The Bertz CT molecular complexity index is 745. The molecule has 5 heterocycles. The molecule has 2 bridgehead atoms. The normalized spacial score (nSPS) is 35.5. The SMILES string of the molecule is CC1(C)COC2(C[C@@H]3CC[C@@H](C2)N3c2ncnc3sccc23)O1. The van der Waals surface area contributed by atoms with Gasteiger partial charge in [0, 0.05) is 24.9 Å². The molecule has 23 heavy (non-hydrogen) atoms. The smallest absolute Gasteiger partial charge is 0.173 e. The lowest BCUT2D eigenvalue weighted by Crippen LogP contribution is -2.52. The number of nitrogens with zero attached hydrogens (tertiary/aromatic N) is 3. The average molecular weight is 331 g/mol. The fourth-order valence-electron chi connectivity index (χ4n) is 4.56. The van der Waals surface area contributed by atoms with Gasteiger partial charge in [-0.2, -0.15) is 0 Å². The number of hydrogen-bond donors (Lipinski definition) is 0. The third-order valence-corrected chi connectivity index (χ3v) is 6.16. The van der Waals surface area contributed by atoms with Gasteiger partial charge in [-0.25, -0.2) is 9.97 Å². The Morgan fingerprint density at radius 1 is 1.22 bits per heavy atom. The van der Waals surface area contributed by atoms with Crippen LogP contribution in [0.2, 0.25) is 0 Å². The van der Waals surface area contributed by atoms with E-state index in [1.807, 2.05) is 0 Å². The molecule has 3 aliphatic rings. The third-order valence-electron chi connectivity index (χ3n) is 5.34. The van der Waals surface area contributed by atoms with Crippen LogP contribution in [0.1, 0.15) is 39.5 Å². The second kappa shape index (κ2) is 4.65. The van der Waals surface area contributed by atoms with Crippen molar-refractivity contribution in [1.82, 2.24) is 9.97 Å². The first-order valence-corrected chi connectivity index (χ1v) is 9.24. The Labute approximate surface area is 139 Å². The first kappa shape index (κ1) is 14.1. The van der Waals surface area contributed by atoms with Crippen LogP contribution in [0.5, 0.6) is 0 Å². The highest BCUT2D eigenvalue weighted by Crippen LogP contribution is 2.49. The van der Waals surface area contributed by atoms with Crippen LogP contribution in [0.15, 0.2) is 17.8 Å². The molecule has 1 spiro atoms. The maximum Gasteiger partial charge on any atom is 0.173 e. The Balaban J connectivity index is 1.50. The fourth-order valence-corrected chi connectivity index (χ4v) is 5.29. The lowest BCUT2D eigenvalue weighted by molar-refractivity contribution is -0.199. The van der Waals surface area contributed by atoms with Gasteiger partial charge in [-0.05, 0) is 38.1 Å². The molecule has 0 unspecified atom stereocenters. The lowest BCUT2D eigenvalue weighted by atomic mass is 9.95. The summed E-state index contributed by atoms with van der Waals surface area (Å²) >= 11 is 1.68. The molecule has 6 heteroatoms. The van der Waals surface area contributed by atoms with Crippen molar-refractivity contribution in [3.63, 3.8) is 0 Å². The predicted molar refractivity (Wildman–Crippen MR) is 89.8 cm³/mol. The summed E-state index contributed by atoms with van der Waals surface area (Å²) in [5, 5.41) is 3.28. The molecule has 0 aliphatic carbocycles. The van der Waals surface area contributed by atoms with Crippen LogP contribution in [0, 0.1) is 0 Å². The highest BCUT2D eigenvalue weighted by atomic mass is 32.1. The number of fused-ring (bicyclic) bond motifs is 3. The molecule has 5 nitrogen and oxygen atoms in total. The fraction of sp³-hybridized carbons (Fsp3) is 0.647. The number of rotatable bonds is 1. The molecule has 122 valence electrons. The van der Waals surface area contributed by atoms with Crippen LogP contribution in [0.4, 0.5) is 5.82 Å². The minimum atomic E-state index is -0.382. The van der Waals surface area contributed by atoms with E-state index in [1.165, 1.54) is 18.2 Å². The molecule has 3 aliphatic heterocycles. The van der Waals surface area contributed by atoms with E-state index < -0.39 is 0 Å². The van der Waals surface area contributed by atoms with Crippen molar-refractivity contribution in [3.05, 3.63) is 17.8 Å². The van der Waals surface area contributed by atoms with Crippen LogP contribution in [0.25, 0.3) is 10.2 Å². The quantitative estimate of drug-likeness (QED) is 0.802. The van der Waals surface area contributed by atoms with Crippen molar-refractivity contribution >= 4 is 27.4 Å². The summed E-state index contributed by atoms with van der Waals surface area (Å²) in [5.41, 5.74) is -0.169. The molecule has 0 radical (unpaired) electrons. The van der Waals surface area contributed by atoms with E-state index in [0.29, 0.717) is 18.7 Å². The van der Waals surface area contributed by atoms with Gasteiger partial charge < -0.3 is 14.4 Å². The topological polar surface area (TPSA) is 47.5 Å². The number of piperidine rings is 1. The molecule has 3 saturated heterocycles. The molecule has 2 aromatic heterocycles. The summed E-state index contributed by atoms with van der Waals surface area (Å²) in [7, 11) is 0. The molecule has 0 N–H and O–H groups in total. The number of aromatic nitrogens is 2. The molecule has 5 rings (SSSR count). The summed E-state index contributed by atoms with van der Waals surface area (Å²) < 4.78 is 12.5. The van der Waals surface area contributed by atoms with Gasteiger partial charge in [0.2, 0.25) is 0 Å². The number of ether oxygens (including phenoxy) is 2. The van der Waals surface area contributed by atoms with E-state index in [4.69, 9.17) is 9.47 Å². The van der Waals surface area contributed by atoms with Crippen molar-refractivity contribution in [3.8, 4) is 0 Å². The van der Waals surface area contributed by atoms with E-state index in [0.717, 1.165) is 23.5 Å². The van der Waals surface area contributed by atoms with Gasteiger partial charge in [0.1, 0.15) is 17.0 Å². The highest BCUT2D eigenvalue weighted by Gasteiger charge is 2.55. The molecule has 2 aromatic rings. The minimum absolute atomic E-state index is 0.169. The first-order valence-electron chi connectivity index (χ1n) is 8.36. The Morgan fingerprint density at radius 3 is 2.70 bits per heavy atom. The van der Waals surface area contributed by atoms with Crippen molar-refractivity contribution in [2.24, 2.45) is 0 Å². The van der Waals surface area contributed by atoms with Gasteiger partial charge in [0.15, 0.2) is 5.79 Å². The van der Waals surface area contributed by atoms with Crippen LogP contribution >= 0.6 is 11.3 Å². The Hall–Kier alpha value is -1.24. The van der Waals surface area contributed by atoms with Gasteiger partial charge in [-0.15, -0.1) is 11.3 Å².